The highest BCUT2D eigenvalue weighted by Gasteiger charge is 2.29. The molecular weight excluding hydrogens is 407 g/mol. The third kappa shape index (κ3) is 4.90. The van der Waals surface area contributed by atoms with E-state index in [1.165, 1.54) is 22.5 Å². The van der Waals surface area contributed by atoms with Crippen LogP contribution in [-0.2, 0) is 14.8 Å². The highest BCUT2D eigenvalue weighted by molar-refractivity contribution is 7.89. The molecule has 142 valence electrons. The van der Waals surface area contributed by atoms with Crippen LogP contribution < -0.4 is 0 Å². The molecule has 1 fully saturated rings. The predicted octanol–water partition coefficient (Wildman–Crippen LogP) is 3.54. The van der Waals surface area contributed by atoms with Crippen LogP contribution in [-0.4, -0.2) is 49.7 Å². The fourth-order valence-corrected chi connectivity index (χ4v) is 4.53. The summed E-state index contributed by atoms with van der Waals surface area (Å²) in [5.74, 6) is -0.154. The first-order chi connectivity index (χ1) is 12.9. The number of sulfonamides is 1. The van der Waals surface area contributed by atoms with Crippen LogP contribution in [0.4, 0.5) is 0 Å². The fraction of sp³-hybridized carbons (Fsp3) is 0.211. The summed E-state index contributed by atoms with van der Waals surface area (Å²) in [6.07, 6.45) is 3.18. The summed E-state index contributed by atoms with van der Waals surface area (Å²) in [5, 5.41) is 1.08. The van der Waals surface area contributed by atoms with Crippen molar-refractivity contribution in [2.75, 3.05) is 26.2 Å². The van der Waals surface area contributed by atoms with Gasteiger partial charge < -0.3 is 4.90 Å². The van der Waals surface area contributed by atoms with Gasteiger partial charge in [0.2, 0.25) is 15.9 Å². The predicted molar refractivity (Wildman–Crippen MR) is 107 cm³/mol. The Hall–Kier alpha value is -1.86. The average molecular weight is 425 g/mol. The van der Waals surface area contributed by atoms with Crippen LogP contribution in [0.3, 0.4) is 0 Å². The van der Waals surface area contributed by atoms with Crippen molar-refractivity contribution in [3.05, 3.63) is 70.2 Å². The first-order valence-corrected chi connectivity index (χ1v) is 10.5. The maximum absolute atomic E-state index is 12.7. The zero-order valence-corrected chi connectivity index (χ0v) is 16.7. The summed E-state index contributed by atoms with van der Waals surface area (Å²) in [6.45, 7) is 1.18. The number of carbonyl (C=O) groups is 1. The highest BCUT2D eigenvalue weighted by atomic mass is 35.5. The minimum Gasteiger partial charge on any atom is -0.337 e. The molecule has 0 aromatic heterocycles. The number of carbonyl (C=O) groups excluding carboxylic acids is 1. The fourth-order valence-electron chi connectivity index (χ4n) is 2.79. The zero-order valence-electron chi connectivity index (χ0n) is 14.4. The topological polar surface area (TPSA) is 57.7 Å². The number of rotatable bonds is 4. The van der Waals surface area contributed by atoms with Gasteiger partial charge in [0.1, 0.15) is 0 Å². The molecule has 1 saturated heterocycles. The van der Waals surface area contributed by atoms with Gasteiger partial charge in [-0.05, 0) is 48.0 Å². The Balaban J connectivity index is 1.61. The van der Waals surface area contributed by atoms with Gasteiger partial charge in [-0.3, -0.25) is 4.79 Å². The van der Waals surface area contributed by atoms with E-state index >= 15 is 0 Å². The summed E-state index contributed by atoms with van der Waals surface area (Å²) in [7, 11) is -3.58. The van der Waals surface area contributed by atoms with Crippen LogP contribution >= 0.6 is 23.2 Å². The average Bonchev–Trinajstić information content (AvgIpc) is 2.66. The van der Waals surface area contributed by atoms with Crippen molar-refractivity contribution in [3.63, 3.8) is 0 Å². The lowest BCUT2D eigenvalue weighted by atomic mass is 10.2. The Morgan fingerprint density at radius 3 is 2.22 bits per heavy atom. The van der Waals surface area contributed by atoms with Crippen LogP contribution in [0.25, 0.3) is 6.08 Å². The molecule has 2 aromatic carbocycles. The SMILES string of the molecule is O=C(C=Cc1cccc(Cl)c1)N1CCN(S(=O)(=O)c2ccc(Cl)cc2)CC1. The number of hydrogen-bond donors (Lipinski definition) is 0. The van der Waals surface area contributed by atoms with E-state index in [1.807, 2.05) is 12.1 Å². The van der Waals surface area contributed by atoms with E-state index in [0.717, 1.165) is 5.56 Å². The third-order valence-corrected chi connectivity index (χ3v) is 6.67. The monoisotopic (exact) mass is 424 g/mol. The molecule has 1 aliphatic rings. The molecule has 0 saturated carbocycles. The molecular formula is C19H18Cl2N2O3S. The first kappa shape index (κ1) is 19.9. The van der Waals surface area contributed by atoms with Crippen molar-refractivity contribution < 1.29 is 13.2 Å². The van der Waals surface area contributed by atoms with Crippen LogP contribution in [0.5, 0.6) is 0 Å². The Labute approximate surface area is 168 Å². The lowest BCUT2D eigenvalue weighted by Gasteiger charge is -2.33. The van der Waals surface area contributed by atoms with Gasteiger partial charge in [-0.1, -0.05) is 35.3 Å². The second-order valence-electron chi connectivity index (χ2n) is 6.07. The molecule has 0 spiro atoms. The molecule has 0 bridgehead atoms. The van der Waals surface area contributed by atoms with Crippen LogP contribution in [0.15, 0.2) is 59.5 Å². The molecule has 1 aliphatic heterocycles. The molecule has 8 heteroatoms. The van der Waals surface area contributed by atoms with Gasteiger partial charge in [0, 0.05) is 42.3 Å². The Morgan fingerprint density at radius 2 is 1.59 bits per heavy atom. The van der Waals surface area contributed by atoms with Crippen LogP contribution in [0.1, 0.15) is 5.56 Å². The van der Waals surface area contributed by atoms with Crippen molar-refractivity contribution in [1.29, 1.82) is 0 Å². The second-order valence-corrected chi connectivity index (χ2v) is 8.88. The molecule has 0 N–H and O–H groups in total. The number of nitrogens with zero attached hydrogens (tertiary/aromatic N) is 2. The third-order valence-electron chi connectivity index (χ3n) is 4.27. The normalized spacial score (nSPS) is 16.0. The van der Waals surface area contributed by atoms with Gasteiger partial charge in [0.05, 0.1) is 4.90 Å². The molecule has 5 nitrogen and oxygen atoms in total. The Bertz CT molecular complexity index is 951. The highest BCUT2D eigenvalue weighted by Crippen LogP contribution is 2.20. The van der Waals surface area contributed by atoms with E-state index in [4.69, 9.17) is 23.2 Å². The summed E-state index contributed by atoms with van der Waals surface area (Å²) in [5.41, 5.74) is 0.833. The number of hydrogen-bond acceptors (Lipinski definition) is 3. The molecule has 1 amide bonds. The maximum Gasteiger partial charge on any atom is 0.246 e. The van der Waals surface area contributed by atoms with Crippen LogP contribution in [0.2, 0.25) is 10.0 Å². The van der Waals surface area contributed by atoms with E-state index in [0.29, 0.717) is 23.1 Å². The summed E-state index contributed by atoms with van der Waals surface area (Å²) < 4.78 is 26.7. The van der Waals surface area contributed by atoms with E-state index in [9.17, 15) is 13.2 Å². The smallest absolute Gasteiger partial charge is 0.246 e. The van der Waals surface area contributed by atoms with Gasteiger partial charge in [0.15, 0.2) is 0 Å². The Kier molecular flexibility index (Phi) is 6.22. The van der Waals surface area contributed by atoms with Crippen molar-refractivity contribution >= 4 is 45.2 Å². The molecule has 27 heavy (non-hydrogen) atoms. The van der Waals surface area contributed by atoms with Gasteiger partial charge in [-0.15, -0.1) is 0 Å². The van der Waals surface area contributed by atoms with Crippen molar-refractivity contribution in [2.45, 2.75) is 4.90 Å². The molecule has 1 heterocycles. The van der Waals surface area contributed by atoms with E-state index in [2.05, 4.69) is 0 Å². The van der Waals surface area contributed by atoms with Gasteiger partial charge in [0.25, 0.3) is 0 Å². The largest absolute Gasteiger partial charge is 0.337 e. The lowest BCUT2D eigenvalue weighted by Crippen LogP contribution is -2.50. The number of piperazine rings is 1. The molecule has 0 atom stereocenters. The minimum absolute atomic E-state index is 0.154. The molecule has 0 unspecified atom stereocenters. The standard InChI is InChI=1S/C19H18Cl2N2O3S/c20-16-5-7-18(8-6-16)27(25,26)23-12-10-22(11-13-23)19(24)9-4-15-2-1-3-17(21)14-15/h1-9,14H,10-13H2. The molecule has 0 aliphatic carbocycles. The maximum atomic E-state index is 12.7. The Morgan fingerprint density at radius 1 is 0.926 bits per heavy atom. The second kappa shape index (κ2) is 8.44. The van der Waals surface area contributed by atoms with E-state index in [1.54, 1.807) is 35.2 Å². The van der Waals surface area contributed by atoms with Gasteiger partial charge in [-0.2, -0.15) is 4.31 Å². The van der Waals surface area contributed by atoms with Gasteiger partial charge in [-0.25, -0.2) is 8.42 Å². The van der Waals surface area contributed by atoms with E-state index in [-0.39, 0.29) is 23.9 Å². The molecule has 3 rings (SSSR count). The van der Waals surface area contributed by atoms with Gasteiger partial charge >= 0.3 is 0 Å². The van der Waals surface area contributed by atoms with Crippen molar-refractivity contribution in [2.24, 2.45) is 0 Å². The van der Waals surface area contributed by atoms with Crippen molar-refractivity contribution in [1.82, 2.24) is 9.21 Å². The van der Waals surface area contributed by atoms with Crippen LogP contribution in [0, 0.1) is 0 Å². The lowest BCUT2D eigenvalue weighted by molar-refractivity contribution is -0.127. The first-order valence-electron chi connectivity index (χ1n) is 8.34. The molecule has 0 radical (unpaired) electrons. The number of amides is 1. The molecule has 2 aromatic rings. The summed E-state index contributed by atoms with van der Waals surface area (Å²) in [6, 6.07) is 13.3. The number of halogens is 2. The minimum atomic E-state index is -3.58. The number of benzene rings is 2. The summed E-state index contributed by atoms with van der Waals surface area (Å²) >= 11 is 11.7. The quantitative estimate of drug-likeness (QED) is 0.705. The zero-order chi connectivity index (χ0) is 19.4. The van der Waals surface area contributed by atoms with Crippen molar-refractivity contribution in [3.8, 4) is 0 Å². The summed E-state index contributed by atoms with van der Waals surface area (Å²) in [4.78, 5) is 14.2. The van der Waals surface area contributed by atoms with E-state index < -0.39 is 10.0 Å².